The zero-order valence-electron chi connectivity index (χ0n) is 14.0. The van der Waals surface area contributed by atoms with Crippen LogP contribution in [0, 0.1) is 5.92 Å². The van der Waals surface area contributed by atoms with Crippen LogP contribution in [0.25, 0.3) is 0 Å². The van der Waals surface area contributed by atoms with Gasteiger partial charge in [0.2, 0.25) is 11.8 Å². The molecule has 1 aliphatic heterocycles. The Bertz CT molecular complexity index is 539. The molecule has 0 aromatic heterocycles. The lowest BCUT2D eigenvalue weighted by Crippen LogP contribution is -2.30. The van der Waals surface area contributed by atoms with Crippen LogP contribution in [-0.2, 0) is 9.59 Å². The Morgan fingerprint density at radius 2 is 2.04 bits per heavy atom. The van der Waals surface area contributed by atoms with Crippen LogP contribution in [0.15, 0.2) is 24.3 Å². The number of nitrogens with one attached hydrogen (secondary N) is 3. The van der Waals surface area contributed by atoms with Gasteiger partial charge in [-0.1, -0.05) is 12.1 Å². The molecule has 1 aliphatic rings. The van der Waals surface area contributed by atoms with Crippen molar-refractivity contribution in [2.75, 3.05) is 18.4 Å². The van der Waals surface area contributed by atoms with Crippen molar-refractivity contribution >= 4 is 17.5 Å². The number of benzene rings is 1. The molecule has 1 fully saturated rings. The minimum atomic E-state index is -0.0965. The molecule has 2 amide bonds. The van der Waals surface area contributed by atoms with Gasteiger partial charge in [0, 0.05) is 19.0 Å². The maximum atomic E-state index is 12.1. The molecule has 0 aliphatic carbocycles. The van der Waals surface area contributed by atoms with Crippen LogP contribution in [0.3, 0.4) is 0 Å². The minimum Gasteiger partial charge on any atom is -0.350 e. The van der Waals surface area contributed by atoms with E-state index in [2.05, 4.69) is 16.0 Å². The summed E-state index contributed by atoms with van der Waals surface area (Å²) in [6.07, 6.45) is 3.88. The minimum absolute atomic E-state index is 0.0655. The van der Waals surface area contributed by atoms with Crippen molar-refractivity contribution in [3.8, 4) is 0 Å². The standard InChI is InChI=1S/C18H27N3O2/c1-13(16-4-3-5-17(12-16)21-14(2)22)20-18(23)7-6-15-8-10-19-11-9-15/h3-5,12-13,15,19H,6-11H2,1-2H3,(H,20,23)(H,21,22). The molecule has 0 saturated carbocycles. The van der Waals surface area contributed by atoms with Gasteiger partial charge in [0.25, 0.3) is 0 Å². The highest BCUT2D eigenvalue weighted by molar-refractivity contribution is 5.88. The second kappa shape index (κ2) is 8.67. The van der Waals surface area contributed by atoms with Crippen LogP contribution in [0.4, 0.5) is 5.69 Å². The van der Waals surface area contributed by atoms with E-state index >= 15 is 0 Å². The van der Waals surface area contributed by atoms with E-state index in [1.807, 2.05) is 31.2 Å². The number of carbonyl (C=O) groups excluding carboxylic acids is 2. The fourth-order valence-corrected chi connectivity index (χ4v) is 2.99. The first-order valence-electron chi connectivity index (χ1n) is 8.42. The van der Waals surface area contributed by atoms with Crippen molar-refractivity contribution < 1.29 is 9.59 Å². The fourth-order valence-electron chi connectivity index (χ4n) is 2.99. The van der Waals surface area contributed by atoms with Gasteiger partial charge in [0.15, 0.2) is 0 Å². The van der Waals surface area contributed by atoms with E-state index in [4.69, 9.17) is 0 Å². The lowest BCUT2D eigenvalue weighted by molar-refractivity contribution is -0.122. The van der Waals surface area contributed by atoms with Crippen molar-refractivity contribution in [3.63, 3.8) is 0 Å². The van der Waals surface area contributed by atoms with Crippen molar-refractivity contribution in [1.29, 1.82) is 0 Å². The summed E-state index contributed by atoms with van der Waals surface area (Å²) >= 11 is 0. The van der Waals surface area contributed by atoms with E-state index in [9.17, 15) is 9.59 Å². The van der Waals surface area contributed by atoms with E-state index < -0.39 is 0 Å². The van der Waals surface area contributed by atoms with Crippen LogP contribution in [0.5, 0.6) is 0 Å². The number of hydrogen-bond donors (Lipinski definition) is 3. The van der Waals surface area contributed by atoms with Gasteiger partial charge in [-0.3, -0.25) is 9.59 Å². The largest absolute Gasteiger partial charge is 0.350 e. The molecule has 5 heteroatoms. The molecule has 0 bridgehead atoms. The van der Waals surface area contributed by atoms with Gasteiger partial charge < -0.3 is 16.0 Å². The van der Waals surface area contributed by atoms with E-state index in [-0.39, 0.29) is 17.9 Å². The predicted molar refractivity (Wildman–Crippen MR) is 92.1 cm³/mol. The lowest BCUT2D eigenvalue weighted by Gasteiger charge is -2.22. The zero-order valence-corrected chi connectivity index (χ0v) is 14.0. The average Bonchev–Trinajstić information content (AvgIpc) is 2.53. The number of rotatable bonds is 6. The summed E-state index contributed by atoms with van der Waals surface area (Å²) in [6.45, 7) is 5.59. The Balaban J connectivity index is 1.81. The van der Waals surface area contributed by atoms with Crippen molar-refractivity contribution in [1.82, 2.24) is 10.6 Å². The van der Waals surface area contributed by atoms with Crippen LogP contribution < -0.4 is 16.0 Å². The molecule has 1 aromatic rings. The molecule has 1 atom stereocenters. The Kier molecular flexibility index (Phi) is 6.59. The second-order valence-electron chi connectivity index (χ2n) is 6.33. The molecule has 0 radical (unpaired) electrons. The van der Waals surface area contributed by atoms with Crippen molar-refractivity contribution in [2.24, 2.45) is 5.92 Å². The average molecular weight is 317 g/mol. The van der Waals surface area contributed by atoms with Gasteiger partial charge in [-0.2, -0.15) is 0 Å². The number of carbonyl (C=O) groups is 2. The highest BCUT2D eigenvalue weighted by atomic mass is 16.2. The first-order valence-corrected chi connectivity index (χ1v) is 8.42. The SMILES string of the molecule is CC(=O)Nc1cccc(C(C)NC(=O)CCC2CCNCC2)c1. The Hall–Kier alpha value is -1.88. The van der Waals surface area contributed by atoms with Gasteiger partial charge in [0.05, 0.1) is 6.04 Å². The molecule has 0 spiro atoms. The number of piperidine rings is 1. The summed E-state index contributed by atoms with van der Waals surface area (Å²) < 4.78 is 0. The first kappa shape index (κ1) is 17.5. The van der Waals surface area contributed by atoms with Gasteiger partial charge in [-0.05, 0) is 62.9 Å². The van der Waals surface area contributed by atoms with Crippen LogP contribution in [-0.4, -0.2) is 24.9 Å². The maximum Gasteiger partial charge on any atom is 0.221 e. The summed E-state index contributed by atoms with van der Waals surface area (Å²) in [6, 6.07) is 7.53. The molecule has 1 unspecified atom stereocenters. The van der Waals surface area contributed by atoms with E-state index in [0.29, 0.717) is 12.3 Å². The lowest BCUT2D eigenvalue weighted by atomic mass is 9.93. The van der Waals surface area contributed by atoms with Crippen molar-refractivity contribution in [3.05, 3.63) is 29.8 Å². The molecule has 3 N–H and O–H groups in total. The second-order valence-corrected chi connectivity index (χ2v) is 6.33. The Labute approximate surface area is 138 Å². The summed E-state index contributed by atoms with van der Waals surface area (Å²) in [4.78, 5) is 23.3. The third kappa shape index (κ3) is 6.02. The quantitative estimate of drug-likeness (QED) is 0.755. The molecule has 2 rings (SSSR count). The smallest absolute Gasteiger partial charge is 0.221 e. The Morgan fingerprint density at radius 1 is 1.30 bits per heavy atom. The summed E-state index contributed by atoms with van der Waals surface area (Å²) in [7, 11) is 0. The molecular formula is C18H27N3O2. The first-order chi connectivity index (χ1) is 11.0. The monoisotopic (exact) mass is 317 g/mol. The molecule has 126 valence electrons. The number of amides is 2. The predicted octanol–water partition coefficient (Wildman–Crippen LogP) is 2.60. The summed E-state index contributed by atoms with van der Waals surface area (Å²) in [5.74, 6) is 0.669. The molecule has 23 heavy (non-hydrogen) atoms. The van der Waals surface area contributed by atoms with Gasteiger partial charge in [0.1, 0.15) is 0 Å². The number of anilines is 1. The zero-order chi connectivity index (χ0) is 16.7. The van der Waals surface area contributed by atoms with Crippen LogP contribution in [0.1, 0.15) is 51.1 Å². The maximum absolute atomic E-state index is 12.1. The third-order valence-electron chi connectivity index (χ3n) is 4.32. The van der Waals surface area contributed by atoms with E-state index in [1.165, 1.54) is 19.8 Å². The fraction of sp³-hybridized carbons (Fsp3) is 0.556. The van der Waals surface area contributed by atoms with Crippen LogP contribution >= 0.6 is 0 Å². The summed E-state index contributed by atoms with van der Waals surface area (Å²) in [5.41, 5.74) is 1.75. The van der Waals surface area contributed by atoms with Crippen LogP contribution in [0.2, 0.25) is 0 Å². The molecule has 1 aromatic carbocycles. The van der Waals surface area contributed by atoms with E-state index in [1.54, 1.807) is 0 Å². The highest BCUT2D eigenvalue weighted by Crippen LogP contribution is 2.20. The molecule has 5 nitrogen and oxygen atoms in total. The molecular weight excluding hydrogens is 290 g/mol. The van der Waals surface area contributed by atoms with E-state index in [0.717, 1.165) is 30.8 Å². The normalized spacial score (nSPS) is 16.6. The van der Waals surface area contributed by atoms with Gasteiger partial charge in [-0.15, -0.1) is 0 Å². The third-order valence-corrected chi connectivity index (χ3v) is 4.32. The van der Waals surface area contributed by atoms with Gasteiger partial charge in [-0.25, -0.2) is 0 Å². The molecule has 1 heterocycles. The van der Waals surface area contributed by atoms with Gasteiger partial charge >= 0.3 is 0 Å². The highest BCUT2D eigenvalue weighted by Gasteiger charge is 2.16. The number of hydrogen-bond acceptors (Lipinski definition) is 3. The molecule has 1 saturated heterocycles. The topological polar surface area (TPSA) is 70.2 Å². The Morgan fingerprint density at radius 3 is 2.74 bits per heavy atom. The summed E-state index contributed by atoms with van der Waals surface area (Å²) in [5, 5.41) is 9.16. The van der Waals surface area contributed by atoms with Crippen molar-refractivity contribution in [2.45, 2.75) is 45.6 Å².